The molecule has 0 radical (unpaired) electrons. The molecule has 0 aromatic heterocycles. The number of halogens is 1. The summed E-state index contributed by atoms with van der Waals surface area (Å²) in [5.74, 6) is 0. The summed E-state index contributed by atoms with van der Waals surface area (Å²) in [4.78, 5) is 13.1. The van der Waals surface area contributed by atoms with Gasteiger partial charge in [-0.3, -0.25) is 15.0 Å². The molecule has 110 valence electrons. The number of hydrogen-bond donors (Lipinski definition) is 1. The lowest BCUT2D eigenvalue weighted by atomic mass is 10.1. The maximum Gasteiger partial charge on any atom is 0.273 e. The minimum absolute atomic E-state index is 0.181. The zero-order valence-electron chi connectivity index (χ0n) is 11.3. The van der Waals surface area contributed by atoms with E-state index in [9.17, 15) is 10.1 Å². The molecule has 0 amide bonds. The Morgan fingerprint density at radius 2 is 2.15 bits per heavy atom. The Bertz CT molecular complexity index is 477. The fourth-order valence-electron chi connectivity index (χ4n) is 2.33. The fraction of sp³-hybridized carbons (Fsp3) is 0.571. The van der Waals surface area contributed by atoms with Crippen molar-refractivity contribution in [2.24, 2.45) is 0 Å². The van der Waals surface area contributed by atoms with Gasteiger partial charge in [-0.15, -0.1) is 0 Å². The second-order valence-electron chi connectivity index (χ2n) is 5.16. The molecule has 1 aliphatic rings. The van der Waals surface area contributed by atoms with Crippen molar-refractivity contribution in [1.82, 2.24) is 4.90 Å². The van der Waals surface area contributed by atoms with Gasteiger partial charge in [-0.1, -0.05) is 15.9 Å². The first-order chi connectivity index (χ1) is 9.61. The van der Waals surface area contributed by atoms with Crippen LogP contribution in [-0.2, 0) is 6.54 Å². The minimum Gasteiger partial charge on any atom is -0.396 e. The first kappa shape index (κ1) is 15.4. The van der Waals surface area contributed by atoms with E-state index in [4.69, 9.17) is 5.11 Å². The lowest BCUT2D eigenvalue weighted by Gasteiger charge is -2.21. The highest BCUT2D eigenvalue weighted by Crippen LogP contribution is 2.31. The van der Waals surface area contributed by atoms with Gasteiger partial charge in [0.15, 0.2) is 0 Å². The molecule has 20 heavy (non-hydrogen) atoms. The summed E-state index contributed by atoms with van der Waals surface area (Å²) in [5, 5.41) is 20.0. The predicted octanol–water partition coefficient (Wildman–Crippen LogP) is 3.09. The SMILES string of the molecule is O=[N+]([O-])c1ccc(Br)cc1CN(CCCCO)C1CC1. The lowest BCUT2D eigenvalue weighted by molar-refractivity contribution is -0.385. The van der Waals surface area contributed by atoms with E-state index in [1.807, 2.05) is 6.07 Å². The Kier molecular flexibility index (Phi) is 5.51. The van der Waals surface area contributed by atoms with Crippen molar-refractivity contribution in [3.63, 3.8) is 0 Å². The van der Waals surface area contributed by atoms with Gasteiger partial charge in [0.1, 0.15) is 0 Å². The van der Waals surface area contributed by atoms with Crippen LogP contribution in [0.2, 0.25) is 0 Å². The van der Waals surface area contributed by atoms with Crippen molar-refractivity contribution in [3.8, 4) is 0 Å². The summed E-state index contributed by atoms with van der Waals surface area (Å²) < 4.78 is 0.865. The topological polar surface area (TPSA) is 66.6 Å². The minimum atomic E-state index is -0.319. The standard InChI is InChI=1S/C14H19BrN2O3/c15-12-3-6-14(17(19)20)11(9-12)10-16(13-4-5-13)7-1-2-8-18/h3,6,9,13,18H,1-2,4-5,7-8,10H2. The van der Waals surface area contributed by atoms with Gasteiger partial charge in [-0.05, 0) is 44.4 Å². The van der Waals surface area contributed by atoms with E-state index in [0.717, 1.165) is 29.4 Å². The molecule has 0 unspecified atom stereocenters. The molecule has 5 nitrogen and oxygen atoms in total. The normalized spacial score (nSPS) is 14.8. The van der Waals surface area contributed by atoms with Gasteiger partial charge in [-0.2, -0.15) is 0 Å². The van der Waals surface area contributed by atoms with Crippen LogP contribution in [0, 0.1) is 10.1 Å². The van der Waals surface area contributed by atoms with Crippen LogP contribution in [-0.4, -0.2) is 34.1 Å². The Hall–Kier alpha value is -0.980. The highest BCUT2D eigenvalue weighted by molar-refractivity contribution is 9.10. The molecule has 1 aliphatic carbocycles. The molecule has 0 atom stereocenters. The van der Waals surface area contributed by atoms with E-state index in [-0.39, 0.29) is 17.2 Å². The lowest BCUT2D eigenvalue weighted by Crippen LogP contribution is -2.27. The van der Waals surface area contributed by atoms with Crippen molar-refractivity contribution in [2.75, 3.05) is 13.2 Å². The highest BCUT2D eigenvalue weighted by Gasteiger charge is 2.30. The van der Waals surface area contributed by atoms with E-state index in [2.05, 4.69) is 20.8 Å². The van der Waals surface area contributed by atoms with Gasteiger partial charge in [0, 0.05) is 35.3 Å². The number of nitro groups is 1. The first-order valence-corrected chi connectivity index (χ1v) is 7.69. The van der Waals surface area contributed by atoms with Crippen molar-refractivity contribution >= 4 is 21.6 Å². The van der Waals surface area contributed by atoms with Gasteiger partial charge < -0.3 is 5.11 Å². The second-order valence-corrected chi connectivity index (χ2v) is 6.08. The third-order valence-electron chi connectivity index (χ3n) is 3.53. The number of nitro benzene ring substituents is 1. The molecular formula is C14H19BrN2O3. The largest absolute Gasteiger partial charge is 0.396 e. The monoisotopic (exact) mass is 342 g/mol. The summed E-state index contributed by atoms with van der Waals surface area (Å²) in [5.41, 5.74) is 0.932. The molecule has 2 rings (SSSR count). The van der Waals surface area contributed by atoms with E-state index in [1.54, 1.807) is 12.1 Å². The number of hydrogen-bond acceptors (Lipinski definition) is 4. The summed E-state index contributed by atoms with van der Waals surface area (Å²) in [6.07, 6.45) is 4.04. The highest BCUT2D eigenvalue weighted by atomic mass is 79.9. The molecule has 1 saturated carbocycles. The molecule has 0 saturated heterocycles. The summed E-state index contributed by atoms with van der Waals surface area (Å²) in [6.45, 7) is 1.69. The molecule has 1 aromatic carbocycles. The van der Waals surface area contributed by atoms with Crippen LogP contribution in [0.1, 0.15) is 31.2 Å². The van der Waals surface area contributed by atoms with Gasteiger partial charge >= 0.3 is 0 Å². The number of nitrogens with zero attached hydrogens (tertiary/aromatic N) is 2. The van der Waals surface area contributed by atoms with Crippen LogP contribution in [0.25, 0.3) is 0 Å². The summed E-state index contributed by atoms with van der Waals surface area (Å²) in [6, 6.07) is 5.64. The third-order valence-corrected chi connectivity index (χ3v) is 4.02. The molecule has 1 aromatic rings. The molecule has 6 heteroatoms. The van der Waals surface area contributed by atoms with Crippen LogP contribution in [0.15, 0.2) is 22.7 Å². The molecule has 0 bridgehead atoms. The second kappa shape index (κ2) is 7.15. The number of benzene rings is 1. The van der Waals surface area contributed by atoms with Crippen molar-refractivity contribution in [3.05, 3.63) is 38.3 Å². The molecule has 1 fully saturated rings. The van der Waals surface area contributed by atoms with E-state index in [0.29, 0.717) is 12.6 Å². The predicted molar refractivity (Wildman–Crippen MR) is 80.5 cm³/mol. The molecule has 0 heterocycles. The zero-order chi connectivity index (χ0) is 14.5. The van der Waals surface area contributed by atoms with Gasteiger partial charge in [0.05, 0.1) is 4.92 Å². The van der Waals surface area contributed by atoms with Crippen LogP contribution < -0.4 is 0 Å². The smallest absolute Gasteiger partial charge is 0.273 e. The summed E-state index contributed by atoms with van der Waals surface area (Å²) in [7, 11) is 0. The average molecular weight is 343 g/mol. The summed E-state index contributed by atoms with van der Waals surface area (Å²) >= 11 is 3.38. The first-order valence-electron chi connectivity index (χ1n) is 6.89. The Labute approximate surface area is 126 Å². The van der Waals surface area contributed by atoms with Crippen molar-refractivity contribution in [2.45, 2.75) is 38.3 Å². The van der Waals surface area contributed by atoms with Crippen molar-refractivity contribution in [1.29, 1.82) is 0 Å². The van der Waals surface area contributed by atoms with E-state index in [1.165, 1.54) is 12.8 Å². The molecular weight excluding hydrogens is 324 g/mol. The number of aliphatic hydroxyl groups is 1. The van der Waals surface area contributed by atoms with Crippen LogP contribution in [0.4, 0.5) is 5.69 Å². The van der Waals surface area contributed by atoms with Gasteiger partial charge in [0.2, 0.25) is 0 Å². The zero-order valence-corrected chi connectivity index (χ0v) is 12.9. The third kappa shape index (κ3) is 4.26. The number of aliphatic hydroxyl groups excluding tert-OH is 1. The quantitative estimate of drug-likeness (QED) is 0.447. The Morgan fingerprint density at radius 1 is 1.40 bits per heavy atom. The number of rotatable bonds is 8. The van der Waals surface area contributed by atoms with E-state index < -0.39 is 0 Å². The van der Waals surface area contributed by atoms with Crippen LogP contribution in [0.3, 0.4) is 0 Å². The number of unbranched alkanes of at least 4 members (excludes halogenated alkanes) is 1. The maximum atomic E-state index is 11.1. The van der Waals surface area contributed by atoms with Crippen LogP contribution in [0.5, 0.6) is 0 Å². The Morgan fingerprint density at radius 3 is 2.75 bits per heavy atom. The van der Waals surface area contributed by atoms with Crippen LogP contribution >= 0.6 is 15.9 Å². The van der Waals surface area contributed by atoms with Gasteiger partial charge in [-0.25, -0.2) is 0 Å². The van der Waals surface area contributed by atoms with E-state index >= 15 is 0 Å². The molecule has 0 aliphatic heterocycles. The molecule has 1 N–H and O–H groups in total. The fourth-order valence-corrected chi connectivity index (χ4v) is 2.74. The van der Waals surface area contributed by atoms with Crippen molar-refractivity contribution < 1.29 is 10.0 Å². The van der Waals surface area contributed by atoms with Gasteiger partial charge in [0.25, 0.3) is 5.69 Å². The maximum absolute atomic E-state index is 11.1. The average Bonchev–Trinajstić information content (AvgIpc) is 3.21. The Balaban J connectivity index is 2.09. The molecule has 0 spiro atoms.